The SMILES string of the molecule is CCC(C(=O)N(CCO)CC(F)(F)F)c1ccccc1. The Hall–Kier alpha value is -1.56. The molecule has 1 unspecified atom stereocenters. The molecule has 0 heterocycles. The number of nitrogens with zero attached hydrogens (tertiary/aromatic N) is 1. The van der Waals surface area contributed by atoms with Gasteiger partial charge in [0.2, 0.25) is 5.91 Å². The molecule has 6 heteroatoms. The second kappa shape index (κ2) is 7.28. The van der Waals surface area contributed by atoms with Crippen molar-refractivity contribution >= 4 is 5.91 Å². The molecule has 1 amide bonds. The van der Waals surface area contributed by atoms with Crippen LogP contribution in [0.15, 0.2) is 30.3 Å². The lowest BCUT2D eigenvalue weighted by Gasteiger charge is -2.27. The summed E-state index contributed by atoms with van der Waals surface area (Å²) in [5.41, 5.74) is 0.685. The molecule has 1 N–H and O–H groups in total. The van der Waals surface area contributed by atoms with Gasteiger partial charge in [-0.05, 0) is 12.0 Å². The van der Waals surface area contributed by atoms with Crippen molar-refractivity contribution in [3.8, 4) is 0 Å². The maximum absolute atomic E-state index is 12.5. The van der Waals surface area contributed by atoms with E-state index in [9.17, 15) is 18.0 Å². The van der Waals surface area contributed by atoms with Crippen LogP contribution in [0, 0.1) is 0 Å². The second-order valence-electron chi connectivity index (χ2n) is 4.47. The van der Waals surface area contributed by atoms with Gasteiger partial charge in [0.1, 0.15) is 6.54 Å². The fourth-order valence-electron chi connectivity index (χ4n) is 2.06. The molecule has 3 nitrogen and oxygen atoms in total. The zero-order chi connectivity index (χ0) is 15.2. The van der Waals surface area contributed by atoms with E-state index in [1.165, 1.54) is 0 Å². The Morgan fingerprint density at radius 2 is 1.90 bits per heavy atom. The minimum atomic E-state index is -4.47. The fourth-order valence-corrected chi connectivity index (χ4v) is 2.06. The fraction of sp³-hybridized carbons (Fsp3) is 0.500. The van der Waals surface area contributed by atoms with Crippen LogP contribution in [-0.4, -0.2) is 41.8 Å². The van der Waals surface area contributed by atoms with Crippen LogP contribution < -0.4 is 0 Å². The highest BCUT2D eigenvalue weighted by molar-refractivity contribution is 5.83. The topological polar surface area (TPSA) is 40.5 Å². The van der Waals surface area contributed by atoms with E-state index in [1.54, 1.807) is 37.3 Å². The van der Waals surface area contributed by atoms with E-state index in [1.807, 2.05) is 0 Å². The molecule has 1 aromatic rings. The number of benzene rings is 1. The molecule has 0 spiro atoms. The van der Waals surface area contributed by atoms with E-state index in [2.05, 4.69) is 0 Å². The van der Waals surface area contributed by atoms with E-state index in [4.69, 9.17) is 5.11 Å². The maximum atomic E-state index is 12.5. The van der Waals surface area contributed by atoms with Gasteiger partial charge in [0.05, 0.1) is 12.5 Å². The lowest BCUT2D eigenvalue weighted by Crippen LogP contribution is -2.43. The molecule has 0 radical (unpaired) electrons. The molecule has 1 aromatic carbocycles. The number of hydrogen-bond donors (Lipinski definition) is 1. The minimum Gasteiger partial charge on any atom is -0.395 e. The van der Waals surface area contributed by atoms with E-state index in [0.29, 0.717) is 16.9 Å². The average Bonchev–Trinajstić information content (AvgIpc) is 2.39. The summed E-state index contributed by atoms with van der Waals surface area (Å²) in [4.78, 5) is 12.9. The number of rotatable bonds is 6. The van der Waals surface area contributed by atoms with Gasteiger partial charge in [0.15, 0.2) is 0 Å². The van der Waals surface area contributed by atoms with Crippen molar-refractivity contribution in [2.75, 3.05) is 19.7 Å². The minimum absolute atomic E-state index is 0.318. The molecule has 1 rings (SSSR count). The first kappa shape index (κ1) is 16.5. The van der Waals surface area contributed by atoms with Gasteiger partial charge in [-0.1, -0.05) is 37.3 Å². The summed E-state index contributed by atoms with van der Waals surface area (Å²) >= 11 is 0. The third kappa shape index (κ3) is 4.85. The standard InChI is InChI=1S/C14H18F3NO2/c1-2-12(11-6-4-3-5-7-11)13(20)18(8-9-19)10-14(15,16)17/h3-7,12,19H,2,8-10H2,1H3. The lowest BCUT2D eigenvalue weighted by molar-refractivity contribution is -0.163. The Morgan fingerprint density at radius 1 is 1.30 bits per heavy atom. The highest BCUT2D eigenvalue weighted by Gasteiger charge is 2.35. The number of aliphatic hydroxyl groups is 1. The Morgan fingerprint density at radius 3 is 2.35 bits per heavy atom. The van der Waals surface area contributed by atoms with Crippen molar-refractivity contribution in [2.45, 2.75) is 25.4 Å². The number of aliphatic hydroxyl groups excluding tert-OH is 1. The monoisotopic (exact) mass is 289 g/mol. The number of carbonyl (C=O) groups excluding carboxylic acids is 1. The lowest BCUT2D eigenvalue weighted by atomic mass is 9.95. The molecule has 0 aliphatic rings. The van der Waals surface area contributed by atoms with Gasteiger partial charge in [-0.15, -0.1) is 0 Å². The molecule has 0 aliphatic carbocycles. The highest BCUT2D eigenvalue weighted by atomic mass is 19.4. The van der Waals surface area contributed by atoms with E-state index in [-0.39, 0.29) is 6.54 Å². The summed E-state index contributed by atoms with van der Waals surface area (Å²) in [5.74, 6) is -1.23. The number of halogens is 3. The van der Waals surface area contributed by atoms with Crippen LogP contribution in [0.1, 0.15) is 24.8 Å². The van der Waals surface area contributed by atoms with Crippen LogP contribution in [0.4, 0.5) is 13.2 Å². The molecule has 0 saturated heterocycles. The first-order valence-corrected chi connectivity index (χ1v) is 6.40. The van der Waals surface area contributed by atoms with E-state index < -0.39 is 31.2 Å². The summed E-state index contributed by atoms with van der Waals surface area (Å²) in [6.07, 6.45) is -4.07. The van der Waals surface area contributed by atoms with Crippen LogP contribution in [0.5, 0.6) is 0 Å². The third-order valence-corrected chi connectivity index (χ3v) is 2.96. The summed E-state index contributed by atoms with van der Waals surface area (Å²) < 4.78 is 37.5. The van der Waals surface area contributed by atoms with Gasteiger partial charge in [0.25, 0.3) is 0 Å². The maximum Gasteiger partial charge on any atom is 0.406 e. The smallest absolute Gasteiger partial charge is 0.395 e. The van der Waals surface area contributed by atoms with Crippen molar-refractivity contribution in [1.82, 2.24) is 4.90 Å². The van der Waals surface area contributed by atoms with E-state index in [0.717, 1.165) is 0 Å². The van der Waals surface area contributed by atoms with Gasteiger partial charge in [-0.25, -0.2) is 0 Å². The Balaban J connectivity index is 2.91. The molecular weight excluding hydrogens is 271 g/mol. The molecule has 20 heavy (non-hydrogen) atoms. The predicted octanol–water partition coefficient (Wildman–Crippen LogP) is 2.56. The zero-order valence-corrected chi connectivity index (χ0v) is 11.2. The van der Waals surface area contributed by atoms with Crippen molar-refractivity contribution in [3.05, 3.63) is 35.9 Å². The summed E-state index contributed by atoms with van der Waals surface area (Å²) in [7, 11) is 0. The molecular formula is C14H18F3NO2. The number of carbonyl (C=O) groups is 1. The molecule has 0 saturated carbocycles. The van der Waals surface area contributed by atoms with Gasteiger partial charge in [0, 0.05) is 6.54 Å². The van der Waals surface area contributed by atoms with Gasteiger partial charge in [-0.2, -0.15) is 13.2 Å². The number of alkyl halides is 3. The molecule has 1 atom stereocenters. The normalized spacial score (nSPS) is 13.1. The predicted molar refractivity (Wildman–Crippen MR) is 69.2 cm³/mol. The molecule has 112 valence electrons. The van der Waals surface area contributed by atoms with Crippen molar-refractivity contribution in [3.63, 3.8) is 0 Å². The molecule has 0 aromatic heterocycles. The summed E-state index contributed by atoms with van der Waals surface area (Å²) in [5, 5.41) is 8.85. The van der Waals surface area contributed by atoms with E-state index >= 15 is 0 Å². The van der Waals surface area contributed by atoms with Crippen LogP contribution in [0.3, 0.4) is 0 Å². The summed E-state index contributed by atoms with van der Waals surface area (Å²) in [6.45, 7) is -0.398. The van der Waals surface area contributed by atoms with Gasteiger partial charge < -0.3 is 10.0 Å². The first-order valence-electron chi connectivity index (χ1n) is 6.40. The Bertz CT molecular complexity index is 420. The van der Waals surface area contributed by atoms with Gasteiger partial charge in [-0.3, -0.25) is 4.79 Å². The van der Waals surface area contributed by atoms with Gasteiger partial charge >= 0.3 is 6.18 Å². The molecule has 0 bridgehead atoms. The Labute approximate surface area is 116 Å². The van der Waals surface area contributed by atoms with Crippen LogP contribution in [-0.2, 0) is 4.79 Å². The first-order chi connectivity index (χ1) is 9.39. The average molecular weight is 289 g/mol. The summed E-state index contributed by atoms with van der Waals surface area (Å²) in [6, 6.07) is 8.70. The quantitative estimate of drug-likeness (QED) is 0.874. The highest BCUT2D eigenvalue weighted by Crippen LogP contribution is 2.24. The van der Waals surface area contributed by atoms with Crippen LogP contribution in [0.25, 0.3) is 0 Å². The zero-order valence-electron chi connectivity index (χ0n) is 11.2. The van der Waals surface area contributed by atoms with Crippen molar-refractivity contribution in [1.29, 1.82) is 0 Å². The van der Waals surface area contributed by atoms with Crippen LogP contribution >= 0.6 is 0 Å². The Kier molecular flexibility index (Phi) is 6.01. The number of amides is 1. The second-order valence-corrected chi connectivity index (χ2v) is 4.47. The third-order valence-electron chi connectivity index (χ3n) is 2.96. The largest absolute Gasteiger partial charge is 0.406 e. The van der Waals surface area contributed by atoms with Crippen LogP contribution in [0.2, 0.25) is 0 Å². The molecule has 0 fully saturated rings. The van der Waals surface area contributed by atoms with Crippen molar-refractivity contribution in [2.24, 2.45) is 0 Å². The number of hydrogen-bond acceptors (Lipinski definition) is 2. The molecule has 0 aliphatic heterocycles. The van der Waals surface area contributed by atoms with Crippen molar-refractivity contribution < 1.29 is 23.1 Å².